The van der Waals surface area contributed by atoms with Crippen LogP contribution >= 0.6 is 0 Å². The van der Waals surface area contributed by atoms with Crippen LogP contribution in [0.4, 0.5) is 10.6 Å². The van der Waals surface area contributed by atoms with E-state index in [1.807, 2.05) is 28.8 Å². The zero-order valence-electron chi connectivity index (χ0n) is 24.0. The minimum absolute atomic E-state index is 0.0526. The summed E-state index contributed by atoms with van der Waals surface area (Å²) in [4.78, 5) is 47.7. The van der Waals surface area contributed by atoms with Gasteiger partial charge in [0.2, 0.25) is 11.7 Å². The van der Waals surface area contributed by atoms with Gasteiger partial charge in [-0.15, -0.1) is 0 Å². The molecule has 41 heavy (non-hydrogen) atoms. The second kappa shape index (κ2) is 10.9. The first kappa shape index (κ1) is 26.7. The van der Waals surface area contributed by atoms with E-state index in [-0.39, 0.29) is 23.3 Å². The molecular weight excluding hydrogens is 516 g/mol. The number of amides is 3. The smallest absolute Gasteiger partial charge is 0.329 e. The molecule has 218 valence electrons. The molecule has 4 heterocycles. The molecule has 1 aromatic carbocycles. The lowest BCUT2D eigenvalue weighted by molar-refractivity contribution is -0.119. The van der Waals surface area contributed by atoms with Gasteiger partial charge in [-0.2, -0.15) is 0 Å². The largest absolute Gasteiger partial charge is 0.333 e. The van der Waals surface area contributed by atoms with Gasteiger partial charge in [0.15, 0.2) is 0 Å². The summed E-state index contributed by atoms with van der Waals surface area (Å²) in [5.74, 6) is 1.65. The molecule has 7 rings (SSSR count). The van der Waals surface area contributed by atoms with Crippen molar-refractivity contribution in [3.05, 3.63) is 46.9 Å². The standard InChI is InChI=1S/C32H42N6O3/c1-20(39)33-29-14-15-36(32(41)35-29)30-31(40)38(28-11-3-2-10-27(28)34-30)25-13-12-23-8-5-9-24(19-25)37(23)26-17-21-6-4-7-22(16-21)18-26/h2-3,10-11,14-15,21-26,29H,4-9,12-13,16-19H2,1H3,(H,33,39)(H,35,41). The van der Waals surface area contributed by atoms with Crippen molar-refractivity contribution in [2.45, 2.75) is 114 Å². The van der Waals surface area contributed by atoms with Gasteiger partial charge in [-0.1, -0.05) is 37.8 Å². The van der Waals surface area contributed by atoms with E-state index < -0.39 is 12.2 Å². The number of nitrogens with zero attached hydrogens (tertiary/aromatic N) is 4. The van der Waals surface area contributed by atoms with E-state index in [1.165, 1.54) is 69.6 Å². The number of piperidine rings is 1. The number of rotatable bonds is 4. The fourth-order valence-electron chi connectivity index (χ4n) is 8.93. The fourth-order valence-corrected chi connectivity index (χ4v) is 8.93. The summed E-state index contributed by atoms with van der Waals surface area (Å²) in [6.45, 7) is 1.40. The summed E-state index contributed by atoms with van der Waals surface area (Å²) < 4.78 is 1.95. The lowest BCUT2D eigenvalue weighted by Gasteiger charge is -2.51. The van der Waals surface area contributed by atoms with E-state index in [0.29, 0.717) is 23.6 Å². The van der Waals surface area contributed by atoms with Gasteiger partial charge in [0.25, 0.3) is 5.56 Å². The molecule has 4 fully saturated rings. The Kier molecular flexibility index (Phi) is 7.09. The van der Waals surface area contributed by atoms with E-state index in [4.69, 9.17) is 0 Å². The number of hydrogen-bond acceptors (Lipinski definition) is 5. The van der Waals surface area contributed by atoms with Crippen LogP contribution in [0.2, 0.25) is 0 Å². The third kappa shape index (κ3) is 5.07. The van der Waals surface area contributed by atoms with Crippen molar-refractivity contribution >= 4 is 28.8 Å². The van der Waals surface area contributed by atoms with Crippen LogP contribution in [-0.4, -0.2) is 50.7 Å². The molecule has 4 bridgehead atoms. The monoisotopic (exact) mass is 558 g/mol. The Labute approximate surface area is 241 Å². The van der Waals surface area contributed by atoms with Crippen LogP contribution < -0.4 is 21.1 Å². The number of fused-ring (bicyclic) bond motifs is 5. The van der Waals surface area contributed by atoms with E-state index in [1.54, 1.807) is 12.3 Å². The van der Waals surface area contributed by atoms with Crippen LogP contribution in [-0.2, 0) is 4.79 Å². The van der Waals surface area contributed by atoms with Crippen molar-refractivity contribution < 1.29 is 9.59 Å². The molecule has 2 saturated carbocycles. The molecule has 9 heteroatoms. The lowest BCUT2D eigenvalue weighted by Crippen LogP contribution is -2.54. The number of para-hydroxylation sites is 2. The Morgan fingerprint density at radius 1 is 0.878 bits per heavy atom. The molecule has 2 N–H and O–H groups in total. The maximum absolute atomic E-state index is 14.3. The van der Waals surface area contributed by atoms with E-state index in [9.17, 15) is 14.4 Å². The molecule has 6 atom stereocenters. The zero-order chi connectivity index (χ0) is 28.1. The first-order chi connectivity index (χ1) is 19.9. The van der Waals surface area contributed by atoms with Crippen molar-refractivity contribution in [2.24, 2.45) is 11.8 Å². The summed E-state index contributed by atoms with van der Waals surface area (Å²) in [6.07, 6.45) is 17.7. The first-order valence-corrected chi connectivity index (χ1v) is 15.8. The predicted octanol–water partition coefficient (Wildman–Crippen LogP) is 4.82. The van der Waals surface area contributed by atoms with Gasteiger partial charge in [0.05, 0.1) is 11.0 Å². The molecule has 3 amide bonds. The lowest BCUT2D eigenvalue weighted by atomic mass is 9.69. The topological polar surface area (TPSA) is 99.6 Å². The minimum Gasteiger partial charge on any atom is -0.333 e. The zero-order valence-corrected chi connectivity index (χ0v) is 24.0. The average molecular weight is 559 g/mol. The Balaban J connectivity index is 1.23. The molecule has 9 nitrogen and oxygen atoms in total. The minimum atomic E-state index is -0.620. The third-order valence-corrected chi connectivity index (χ3v) is 10.5. The normalized spacial score (nSPS) is 33.7. The number of urea groups is 1. The fraction of sp³-hybridized carbons (Fsp3) is 0.625. The Morgan fingerprint density at radius 2 is 1.61 bits per heavy atom. The molecule has 0 radical (unpaired) electrons. The Bertz CT molecular complexity index is 1410. The number of carbonyl (C=O) groups excluding carboxylic acids is 2. The molecule has 5 aliphatic rings. The van der Waals surface area contributed by atoms with Gasteiger partial charge >= 0.3 is 6.03 Å². The quantitative estimate of drug-likeness (QED) is 0.561. The summed E-state index contributed by atoms with van der Waals surface area (Å²) in [5, 5.41) is 5.41. The van der Waals surface area contributed by atoms with Crippen LogP contribution in [0.25, 0.3) is 11.0 Å². The molecule has 2 aromatic rings. The number of hydrogen-bond donors (Lipinski definition) is 2. The second-order valence-electron chi connectivity index (χ2n) is 13.1. The highest BCUT2D eigenvalue weighted by molar-refractivity contribution is 5.95. The molecule has 6 unspecified atom stereocenters. The third-order valence-electron chi connectivity index (χ3n) is 10.5. The van der Waals surface area contributed by atoms with Crippen molar-refractivity contribution in [1.29, 1.82) is 0 Å². The molecule has 0 spiro atoms. The summed E-state index contributed by atoms with van der Waals surface area (Å²) >= 11 is 0. The Morgan fingerprint density at radius 3 is 2.39 bits per heavy atom. The molecule has 2 aliphatic carbocycles. The highest BCUT2D eigenvalue weighted by Gasteiger charge is 2.43. The van der Waals surface area contributed by atoms with Crippen molar-refractivity contribution in [3.63, 3.8) is 0 Å². The van der Waals surface area contributed by atoms with Crippen LogP contribution in [0.15, 0.2) is 41.3 Å². The average Bonchev–Trinajstić information content (AvgIpc) is 3.05. The maximum atomic E-state index is 14.3. The summed E-state index contributed by atoms with van der Waals surface area (Å²) in [6, 6.07) is 9.15. The first-order valence-electron chi connectivity index (χ1n) is 15.8. The number of carbonyl (C=O) groups is 2. The van der Waals surface area contributed by atoms with Crippen LogP contribution in [0.5, 0.6) is 0 Å². The van der Waals surface area contributed by atoms with Gasteiger partial charge in [-0.3, -0.25) is 14.5 Å². The summed E-state index contributed by atoms with van der Waals surface area (Å²) in [7, 11) is 0. The number of nitrogens with one attached hydrogen (secondary N) is 2. The molecule has 1 aromatic heterocycles. The van der Waals surface area contributed by atoms with Crippen LogP contribution in [0, 0.1) is 11.8 Å². The van der Waals surface area contributed by atoms with Gasteiger partial charge in [-0.05, 0) is 81.4 Å². The van der Waals surface area contributed by atoms with Crippen molar-refractivity contribution in [3.8, 4) is 0 Å². The maximum Gasteiger partial charge on any atom is 0.329 e. The van der Waals surface area contributed by atoms with Gasteiger partial charge in [0.1, 0.15) is 6.17 Å². The summed E-state index contributed by atoms with van der Waals surface area (Å²) in [5.41, 5.74) is 1.30. The van der Waals surface area contributed by atoms with Crippen molar-refractivity contribution in [2.75, 3.05) is 4.90 Å². The van der Waals surface area contributed by atoms with Crippen molar-refractivity contribution in [1.82, 2.24) is 25.1 Å². The molecule has 3 aliphatic heterocycles. The predicted molar refractivity (Wildman–Crippen MR) is 158 cm³/mol. The highest BCUT2D eigenvalue weighted by Crippen LogP contribution is 2.46. The van der Waals surface area contributed by atoms with E-state index in [0.717, 1.165) is 36.6 Å². The Hall–Kier alpha value is -3.20. The number of anilines is 1. The molecule has 2 saturated heterocycles. The number of aromatic nitrogens is 2. The SMILES string of the molecule is CC(=O)NC1C=CN(c2nc3ccccc3n(C3CCC4CCCC(C3)N4C3CC4CCCC(C4)C3)c2=O)C(=O)N1. The van der Waals surface area contributed by atoms with E-state index in [2.05, 4.69) is 20.5 Å². The van der Waals surface area contributed by atoms with Crippen LogP contribution in [0.3, 0.4) is 0 Å². The molecular formula is C32H42N6O3. The van der Waals surface area contributed by atoms with E-state index >= 15 is 0 Å². The second-order valence-corrected chi connectivity index (χ2v) is 13.1. The van der Waals surface area contributed by atoms with Gasteiger partial charge in [-0.25, -0.2) is 14.7 Å². The van der Waals surface area contributed by atoms with Gasteiger partial charge in [0, 0.05) is 37.3 Å². The van der Waals surface area contributed by atoms with Crippen LogP contribution in [0.1, 0.15) is 90.0 Å². The highest BCUT2D eigenvalue weighted by atomic mass is 16.2. The van der Waals surface area contributed by atoms with Gasteiger partial charge < -0.3 is 15.2 Å². The number of benzene rings is 1.